The van der Waals surface area contributed by atoms with E-state index in [9.17, 15) is 0 Å². The predicted molar refractivity (Wildman–Crippen MR) is 85.4 cm³/mol. The molecular formula is C18H28N2. The monoisotopic (exact) mass is 272 g/mol. The Morgan fingerprint density at radius 1 is 0.400 bits per heavy atom. The van der Waals surface area contributed by atoms with E-state index in [0.29, 0.717) is 0 Å². The molecule has 2 heteroatoms. The lowest BCUT2D eigenvalue weighted by Gasteiger charge is -2.28. The lowest BCUT2D eigenvalue weighted by atomic mass is 10.2. The fraction of sp³-hybridized carbons (Fsp3) is 0.778. The van der Waals surface area contributed by atoms with Crippen LogP contribution in [0, 0.1) is 23.7 Å². The van der Waals surface area contributed by atoms with Gasteiger partial charge in [0, 0.05) is 38.8 Å². The summed E-state index contributed by atoms with van der Waals surface area (Å²) in [6, 6.07) is 0. The van der Waals surface area contributed by atoms with E-state index in [2.05, 4.69) is 33.5 Å². The fourth-order valence-corrected chi connectivity index (χ4v) is 2.87. The van der Waals surface area contributed by atoms with Gasteiger partial charge in [0.05, 0.1) is 0 Å². The van der Waals surface area contributed by atoms with Gasteiger partial charge < -0.3 is 9.80 Å². The third-order valence-corrected chi connectivity index (χ3v) is 4.09. The summed E-state index contributed by atoms with van der Waals surface area (Å²) >= 11 is 0. The molecule has 2 aliphatic heterocycles. The van der Waals surface area contributed by atoms with Crippen molar-refractivity contribution in [1.82, 2.24) is 9.80 Å². The summed E-state index contributed by atoms with van der Waals surface area (Å²) in [5, 5.41) is 0. The van der Waals surface area contributed by atoms with Crippen LogP contribution in [0.4, 0.5) is 0 Å². The van der Waals surface area contributed by atoms with Crippen molar-refractivity contribution in [3.05, 3.63) is 0 Å². The second-order valence-electron chi connectivity index (χ2n) is 5.80. The van der Waals surface area contributed by atoms with Crippen molar-refractivity contribution >= 4 is 0 Å². The second kappa shape index (κ2) is 9.87. The first-order valence-corrected chi connectivity index (χ1v) is 8.31. The lowest BCUT2D eigenvalue weighted by molar-refractivity contribution is 0.198. The van der Waals surface area contributed by atoms with Gasteiger partial charge in [0.1, 0.15) is 0 Å². The lowest BCUT2D eigenvalue weighted by Crippen LogP contribution is -2.37. The normalized spacial score (nSPS) is 29.2. The van der Waals surface area contributed by atoms with Crippen LogP contribution in [0.1, 0.15) is 51.4 Å². The van der Waals surface area contributed by atoms with E-state index in [1.54, 1.807) is 0 Å². The molecule has 0 N–H and O–H groups in total. The van der Waals surface area contributed by atoms with Gasteiger partial charge in [0.15, 0.2) is 0 Å². The van der Waals surface area contributed by atoms with Gasteiger partial charge in [-0.05, 0) is 51.9 Å². The van der Waals surface area contributed by atoms with Crippen LogP contribution in [0.25, 0.3) is 0 Å². The van der Waals surface area contributed by atoms with Crippen molar-refractivity contribution in [2.45, 2.75) is 51.4 Å². The van der Waals surface area contributed by atoms with Gasteiger partial charge in [0.25, 0.3) is 0 Å². The van der Waals surface area contributed by atoms with Gasteiger partial charge in [-0.3, -0.25) is 0 Å². The van der Waals surface area contributed by atoms with Crippen LogP contribution >= 0.6 is 0 Å². The summed E-state index contributed by atoms with van der Waals surface area (Å²) in [5.41, 5.74) is 0. The van der Waals surface area contributed by atoms with Crippen molar-refractivity contribution in [3.8, 4) is 23.7 Å². The molecule has 0 unspecified atom stereocenters. The van der Waals surface area contributed by atoms with Crippen LogP contribution in [0.3, 0.4) is 0 Å². The molecule has 2 bridgehead atoms. The van der Waals surface area contributed by atoms with Crippen LogP contribution in [-0.2, 0) is 0 Å². The molecular weight excluding hydrogens is 244 g/mol. The van der Waals surface area contributed by atoms with E-state index >= 15 is 0 Å². The molecule has 0 aromatic carbocycles. The SMILES string of the molecule is C1#CCCCN2CCCC#CCCCN(CCC1)CC2. The highest BCUT2D eigenvalue weighted by Crippen LogP contribution is 2.05. The van der Waals surface area contributed by atoms with Gasteiger partial charge in [-0.1, -0.05) is 0 Å². The summed E-state index contributed by atoms with van der Waals surface area (Å²) in [4.78, 5) is 5.25. The molecule has 2 rings (SSSR count). The molecule has 0 amide bonds. The quantitative estimate of drug-likeness (QED) is 0.626. The molecule has 2 nitrogen and oxygen atoms in total. The molecule has 0 fully saturated rings. The summed E-state index contributed by atoms with van der Waals surface area (Å²) in [6.07, 6.45) is 9.16. The van der Waals surface area contributed by atoms with Gasteiger partial charge in [0.2, 0.25) is 0 Å². The first-order valence-electron chi connectivity index (χ1n) is 8.31. The topological polar surface area (TPSA) is 6.48 Å². The van der Waals surface area contributed by atoms with E-state index in [1.807, 2.05) is 0 Å². The van der Waals surface area contributed by atoms with Crippen LogP contribution in [0.2, 0.25) is 0 Å². The molecule has 2 aliphatic rings. The summed E-state index contributed by atoms with van der Waals surface area (Å²) < 4.78 is 0. The van der Waals surface area contributed by atoms with Crippen LogP contribution in [0.5, 0.6) is 0 Å². The average molecular weight is 272 g/mol. The highest BCUT2D eigenvalue weighted by molar-refractivity contribution is 5.00. The van der Waals surface area contributed by atoms with Crippen LogP contribution in [-0.4, -0.2) is 49.1 Å². The summed E-state index contributed by atoms with van der Waals surface area (Å²) in [5.74, 6) is 13.3. The van der Waals surface area contributed by atoms with Crippen molar-refractivity contribution in [3.63, 3.8) is 0 Å². The molecule has 0 atom stereocenters. The van der Waals surface area contributed by atoms with Crippen molar-refractivity contribution in [2.75, 3.05) is 39.3 Å². The zero-order chi connectivity index (χ0) is 13.9. The van der Waals surface area contributed by atoms with E-state index in [-0.39, 0.29) is 0 Å². The Morgan fingerprint density at radius 3 is 1.00 bits per heavy atom. The van der Waals surface area contributed by atoms with E-state index < -0.39 is 0 Å². The molecule has 0 saturated heterocycles. The molecule has 2 heterocycles. The van der Waals surface area contributed by atoms with E-state index in [0.717, 1.165) is 25.7 Å². The molecule has 0 radical (unpaired) electrons. The third-order valence-electron chi connectivity index (χ3n) is 4.09. The molecule has 0 aromatic heterocycles. The zero-order valence-corrected chi connectivity index (χ0v) is 12.8. The van der Waals surface area contributed by atoms with Gasteiger partial charge in [-0.25, -0.2) is 0 Å². The van der Waals surface area contributed by atoms with Gasteiger partial charge in [-0.15, -0.1) is 23.7 Å². The molecule has 110 valence electrons. The number of hydrogen-bond acceptors (Lipinski definition) is 2. The smallest absolute Gasteiger partial charge is 0.0109 e. The van der Waals surface area contributed by atoms with Crippen LogP contribution in [0.15, 0.2) is 0 Å². The number of hydrogen-bond donors (Lipinski definition) is 0. The van der Waals surface area contributed by atoms with Crippen molar-refractivity contribution in [2.24, 2.45) is 0 Å². The van der Waals surface area contributed by atoms with E-state index in [1.165, 1.54) is 65.0 Å². The summed E-state index contributed by atoms with van der Waals surface area (Å²) in [7, 11) is 0. The van der Waals surface area contributed by atoms with Crippen LogP contribution < -0.4 is 0 Å². The Kier molecular flexibility index (Phi) is 7.61. The maximum Gasteiger partial charge on any atom is 0.0109 e. The van der Waals surface area contributed by atoms with Gasteiger partial charge >= 0.3 is 0 Å². The molecule has 0 aromatic rings. The minimum absolute atomic E-state index is 1.07. The average Bonchev–Trinajstić information content (AvgIpc) is 2.44. The summed E-state index contributed by atoms with van der Waals surface area (Å²) in [6.45, 7) is 7.26. The second-order valence-corrected chi connectivity index (χ2v) is 5.80. The maximum absolute atomic E-state index is 3.33. The first kappa shape index (κ1) is 15.4. The largest absolute Gasteiger partial charge is 0.302 e. The maximum atomic E-state index is 3.33. The Hall–Kier alpha value is -0.960. The first-order chi connectivity index (χ1) is 9.95. The fourth-order valence-electron chi connectivity index (χ4n) is 2.87. The predicted octanol–water partition coefficient (Wildman–Crippen LogP) is 2.75. The molecule has 0 saturated carbocycles. The minimum Gasteiger partial charge on any atom is -0.302 e. The Bertz CT molecular complexity index is 314. The highest BCUT2D eigenvalue weighted by Gasteiger charge is 2.10. The number of rotatable bonds is 0. The number of nitrogens with zero attached hydrogens (tertiary/aromatic N) is 2. The van der Waals surface area contributed by atoms with Gasteiger partial charge in [-0.2, -0.15) is 0 Å². The third kappa shape index (κ3) is 6.47. The standard InChI is InChI=1S/C18H28N2/c1-2-6-10-14-20-16-12-8-4-3-7-11-15-19(17-18-20)13-9-5-1/h5-18H2. The minimum atomic E-state index is 1.07. The Labute approximate surface area is 124 Å². The molecule has 20 heavy (non-hydrogen) atoms. The molecule has 0 aliphatic carbocycles. The van der Waals surface area contributed by atoms with E-state index in [4.69, 9.17) is 0 Å². The zero-order valence-electron chi connectivity index (χ0n) is 12.8. The molecule has 0 spiro atoms. The Balaban J connectivity index is 1.96. The van der Waals surface area contributed by atoms with Crippen molar-refractivity contribution in [1.29, 1.82) is 0 Å². The van der Waals surface area contributed by atoms with Crippen molar-refractivity contribution < 1.29 is 0 Å². The highest BCUT2D eigenvalue weighted by atomic mass is 15.2. The Morgan fingerprint density at radius 2 is 0.700 bits per heavy atom. The number of fused-ring (bicyclic) bond motifs is 3.